The van der Waals surface area contributed by atoms with Crippen molar-refractivity contribution in [1.82, 2.24) is 15.5 Å². The first-order chi connectivity index (χ1) is 17.8. The predicted octanol–water partition coefficient (Wildman–Crippen LogP) is 5.90. The number of urea groups is 1. The van der Waals surface area contributed by atoms with E-state index in [1.165, 1.54) is 4.90 Å². The first-order valence-corrected chi connectivity index (χ1v) is 13.5. The normalized spacial score (nSPS) is 18.2. The Morgan fingerprint density at radius 1 is 0.973 bits per heavy atom. The van der Waals surface area contributed by atoms with Crippen molar-refractivity contribution in [2.45, 2.75) is 78.1 Å². The van der Waals surface area contributed by atoms with Crippen molar-refractivity contribution < 1.29 is 19.1 Å². The van der Waals surface area contributed by atoms with Crippen molar-refractivity contribution in [2.75, 3.05) is 20.8 Å². The summed E-state index contributed by atoms with van der Waals surface area (Å²) in [6.07, 6.45) is 3.09. The van der Waals surface area contributed by atoms with Crippen molar-refractivity contribution in [3.8, 4) is 5.75 Å². The van der Waals surface area contributed by atoms with Crippen LogP contribution in [0, 0.1) is 12.3 Å². The number of hydrogen-bond acceptors (Lipinski definition) is 5. The van der Waals surface area contributed by atoms with Crippen LogP contribution in [0.1, 0.15) is 81.6 Å². The molecule has 1 aliphatic heterocycles. The quantitative estimate of drug-likeness (QED) is 0.329. The fourth-order valence-corrected chi connectivity index (χ4v) is 5.15. The Labute approximate surface area is 221 Å². The van der Waals surface area contributed by atoms with E-state index in [-0.39, 0.29) is 18.0 Å². The summed E-state index contributed by atoms with van der Waals surface area (Å²) in [5, 5.41) is 6.42. The number of nitrogens with one attached hydrogen (secondary N) is 2. The molecule has 7 nitrogen and oxygen atoms in total. The number of β-lactam (4-membered cyclic amide) rings is 1. The number of rotatable bonds is 13. The van der Waals surface area contributed by atoms with Crippen molar-refractivity contribution in [3.63, 3.8) is 0 Å². The van der Waals surface area contributed by atoms with E-state index in [1.54, 1.807) is 7.11 Å². The largest absolute Gasteiger partial charge is 0.469 e. The van der Waals surface area contributed by atoms with Gasteiger partial charge in [-0.2, -0.15) is 0 Å². The molecule has 0 aliphatic carbocycles. The van der Waals surface area contributed by atoms with Gasteiger partial charge in [0.25, 0.3) is 0 Å². The highest BCUT2D eigenvalue weighted by atomic mass is 16.5. The zero-order valence-electron chi connectivity index (χ0n) is 23.2. The smallest absolute Gasteiger partial charge is 0.327 e. The molecule has 1 unspecified atom stereocenters. The molecule has 0 bridgehead atoms. The number of amides is 3. The third-order valence-electron chi connectivity index (χ3n) is 7.68. The summed E-state index contributed by atoms with van der Waals surface area (Å²) in [6.45, 7) is 8.75. The molecule has 37 heavy (non-hydrogen) atoms. The summed E-state index contributed by atoms with van der Waals surface area (Å²) >= 11 is 0. The van der Waals surface area contributed by atoms with Crippen molar-refractivity contribution in [2.24, 2.45) is 5.41 Å². The Hall–Kier alpha value is -2.90. The Morgan fingerprint density at radius 3 is 2.11 bits per heavy atom. The molecule has 7 heteroatoms. The van der Waals surface area contributed by atoms with Crippen molar-refractivity contribution in [3.05, 3.63) is 65.2 Å². The highest BCUT2D eigenvalue weighted by Crippen LogP contribution is 2.46. The third kappa shape index (κ3) is 6.16. The molecular weight excluding hydrogens is 466 g/mol. The lowest BCUT2D eigenvalue weighted by Gasteiger charge is -2.53. The Bertz CT molecular complexity index is 1020. The van der Waals surface area contributed by atoms with Crippen LogP contribution in [0.3, 0.4) is 0 Å². The summed E-state index contributed by atoms with van der Waals surface area (Å²) in [4.78, 5) is 28.1. The molecule has 3 amide bonds. The lowest BCUT2D eigenvalue weighted by molar-refractivity contribution is -0.191. The number of benzene rings is 2. The van der Waals surface area contributed by atoms with Gasteiger partial charge in [-0.1, -0.05) is 69.2 Å². The van der Waals surface area contributed by atoms with Crippen LogP contribution < -0.4 is 15.4 Å². The number of nitrogens with zero attached hydrogens (tertiary/aromatic N) is 1. The molecule has 0 saturated carbocycles. The molecule has 1 heterocycles. The van der Waals surface area contributed by atoms with E-state index in [9.17, 15) is 9.59 Å². The van der Waals surface area contributed by atoms with Crippen molar-refractivity contribution >= 4 is 11.9 Å². The summed E-state index contributed by atoms with van der Waals surface area (Å²) in [6, 6.07) is 15.6. The first-order valence-electron chi connectivity index (χ1n) is 13.5. The second kappa shape index (κ2) is 13.1. The van der Waals surface area contributed by atoms with Gasteiger partial charge in [-0.15, -0.1) is 0 Å². The van der Waals surface area contributed by atoms with E-state index in [0.717, 1.165) is 36.0 Å². The maximum atomic E-state index is 13.5. The summed E-state index contributed by atoms with van der Waals surface area (Å²) in [5.41, 5.74) is 2.61. The SMILES string of the molecule is CCC[C@@H](NC(=O)N1C(=O)C(CC)(CC)[C@@H]1Oc1ccc(C(CCOC)NC)cc1)c1ccc(C)cc1. The molecule has 2 N–H and O–H groups in total. The van der Waals surface area contributed by atoms with Gasteiger partial charge in [0.2, 0.25) is 5.91 Å². The Morgan fingerprint density at radius 2 is 1.57 bits per heavy atom. The molecular formula is C30H43N3O4. The highest BCUT2D eigenvalue weighted by molar-refractivity contribution is 6.03. The van der Waals surface area contributed by atoms with Crippen LogP contribution in [0.5, 0.6) is 5.75 Å². The standard InChI is InChI=1S/C30H43N3O4/c1-7-10-26(23-13-11-21(4)12-14-23)32-29(35)33-27(34)30(8-2,9-3)28(33)37-24-17-15-22(16-18-24)25(31-5)19-20-36-6/h11-18,25-26,28,31H,7-10,19-20H2,1-6H3,(H,32,35)/t25?,26-,28+/m1/s1. The van der Waals surface area contributed by atoms with E-state index in [1.807, 2.05) is 76.3 Å². The molecule has 1 fully saturated rings. The minimum atomic E-state index is -0.716. The molecule has 1 aliphatic rings. The lowest BCUT2D eigenvalue weighted by Crippen LogP contribution is -2.73. The van der Waals surface area contributed by atoms with Crippen LogP contribution in [-0.4, -0.2) is 43.8 Å². The van der Waals surface area contributed by atoms with E-state index in [0.29, 0.717) is 25.2 Å². The zero-order chi connectivity index (χ0) is 27.0. The van der Waals surface area contributed by atoms with Crippen LogP contribution in [0.25, 0.3) is 0 Å². The molecule has 2 aromatic rings. The molecule has 0 spiro atoms. The van der Waals surface area contributed by atoms with Crippen molar-refractivity contribution in [1.29, 1.82) is 0 Å². The lowest BCUT2D eigenvalue weighted by atomic mass is 9.72. The average Bonchev–Trinajstić information content (AvgIpc) is 2.91. The maximum absolute atomic E-state index is 13.5. The summed E-state index contributed by atoms with van der Waals surface area (Å²) < 4.78 is 11.6. The fourth-order valence-electron chi connectivity index (χ4n) is 5.15. The van der Waals surface area contributed by atoms with Gasteiger partial charge >= 0.3 is 6.03 Å². The fraction of sp³-hybridized carbons (Fsp3) is 0.533. The monoisotopic (exact) mass is 509 g/mol. The molecule has 3 atom stereocenters. The van der Waals surface area contributed by atoms with E-state index >= 15 is 0 Å². The number of likely N-dealkylation sites (tertiary alicyclic amines) is 1. The molecule has 0 radical (unpaired) electrons. The van der Waals surface area contributed by atoms with Crippen LogP contribution in [0.4, 0.5) is 4.79 Å². The molecule has 2 aromatic carbocycles. The number of hydrogen-bond donors (Lipinski definition) is 2. The van der Waals surface area contributed by atoms with Gasteiger partial charge in [0, 0.05) is 19.8 Å². The third-order valence-corrected chi connectivity index (χ3v) is 7.68. The van der Waals surface area contributed by atoms with E-state index < -0.39 is 17.7 Å². The minimum Gasteiger partial charge on any atom is -0.469 e. The van der Waals surface area contributed by atoms with Gasteiger partial charge in [-0.3, -0.25) is 4.79 Å². The number of ether oxygens (including phenoxy) is 2. The van der Waals surface area contributed by atoms with Crippen LogP contribution in [0.15, 0.2) is 48.5 Å². The summed E-state index contributed by atoms with van der Waals surface area (Å²) in [5.74, 6) is 0.459. The number of imide groups is 1. The van der Waals surface area contributed by atoms with Gasteiger partial charge in [0.1, 0.15) is 11.2 Å². The first kappa shape index (κ1) is 28.7. The topological polar surface area (TPSA) is 79.9 Å². The number of carbonyl (C=O) groups is 2. The second-order valence-electron chi connectivity index (χ2n) is 9.90. The van der Waals surface area contributed by atoms with Gasteiger partial charge in [-0.25, -0.2) is 9.69 Å². The molecule has 202 valence electrons. The molecule has 1 saturated heterocycles. The number of methoxy groups -OCH3 is 1. The molecule has 3 rings (SSSR count). The highest BCUT2D eigenvalue weighted by Gasteiger charge is 2.63. The van der Waals surface area contributed by atoms with Crippen LogP contribution in [0.2, 0.25) is 0 Å². The predicted molar refractivity (Wildman–Crippen MR) is 146 cm³/mol. The van der Waals surface area contributed by atoms with Gasteiger partial charge in [0.15, 0.2) is 6.23 Å². The Kier molecular flexibility index (Phi) is 10.1. The van der Waals surface area contributed by atoms with Gasteiger partial charge < -0.3 is 20.1 Å². The van der Waals surface area contributed by atoms with Crippen LogP contribution >= 0.6 is 0 Å². The van der Waals surface area contributed by atoms with E-state index in [4.69, 9.17) is 9.47 Å². The zero-order valence-corrected chi connectivity index (χ0v) is 23.2. The second-order valence-corrected chi connectivity index (χ2v) is 9.90. The summed E-state index contributed by atoms with van der Waals surface area (Å²) in [7, 11) is 3.63. The molecule has 0 aromatic heterocycles. The van der Waals surface area contributed by atoms with Crippen LogP contribution in [-0.2, 0) is 9.53 Å². The maximum Gasteiger partial charge on any atom is 0.327 e. The minimum absolute atomic E-state index is 0.171. The Balaban J connectivity index is 1.79. The van der Waals surface area contributed by atoms with E-state index in [2.05, 4.69) is 17.6 Å². The number of carbonyl (C=O) groups excluding carboxylic acids is 2. The van der Waals surface area contributed by atoms with Gasteiger partial charge in [0.05, 0.1) is 6.04 Å². The number of aryl methyl sites for hydroxylation is 1. The van der Waals surface area contributed by atoms with Gasteiger partial charge in [-0.05, 0) is 62.9 Å². The average molecular weight is 510 g/mol.